The summed E-state index contributed by atoms with van der Waals surface area (Å²) in [4.78, 5) is 17.2. The lowest BCUT2D eigenvalue weighted by molar-refractivity contribution is -0.121. The Kier molecular flexibility index (Phi) is 3.96. The molecule has 0 saturated heterocycles. The zero-order chi connectivity index (χ0) is 15.6. The third kappa shape index (κ3) is 2.51. The molecule has 0 bridgehead atoms. The van der Waals surface area contributed by atoms with Crippen molar-refractivity contribution in [3.63, 3.8) is 0 Å². The Morgan fingerprint density at radius 1 is 1.23 bits per heavy atom. The predicted molar refractivity (Wildman–Crippen MR) is 85.6 cm³/mol. The quantitative estimate of drug-likeness (QED) is 0.942. The Hall–Kier alpha value is -2.17. The molecular formula is C17H22N4O. The Labute approximate surface area is 130 Å². The minimum Gasteiger partial charge on any atom is -0.294 e. The van der Waals surface area contributed by atoms with Crippen LogP contribution < -0.4 is 5.32 Å². The Bertz CT molecular complexity index is 642. The van der Waals surface area contributed by atoms with Crippen LogP contribution >= 0.6 is 0 Å². The van der Waals surface area contributed by atoms with E-state index < -0.39 is 5.41 Å². The second kappa shape index (κ2) is 5.91. The number of benzene rings is 1. The van der Waals surface area contributed by atoms with E-state index in [2.05, 4.69) is 27.5 Å². The molecule has 2 aromatic rings. The van der Waals surface area contributed by atoms with Gasteiger partial charge in [0.2, 0.25) is 11.9 Å². The number of hydrogen-bond donors (Lipinski definition) is 1. The van der Waals surface area contributed by atoms with Crippen LogP contribution in [-0.2, 0) is 10.2 Å². The highest BCUT2D eigenvalue weighted by atomic mass is 16.2. The highest BCUT2D eigenvalue weighted by molar-refractivity contribution is 5.98. The van der Waals surface area contributed by atoms with Crippen molar-refractivity contribution in [2.45, 2.75) is 51.0 Å². The number of carbonyl (C=O) groups is 1. The summed E-state index contributed by atoms with van der Waals surface area (Å²) in [5.74, 6) is 0.563. The largest absolute Gasteiger partial charge is 0.294 e. The molecular weight excluding hydrogens is 276 g/mol. The zero-order valence-electron chi connectivity index (χ0n) is 13.1. The van der Waals surface area contributed by atoms with E-state index in [1.807, 2.05) is 32.0 Å². The van der Waals surface area contributed by atoms with Crippen molar-refractivity contribution in [1.29, 1.82) is 0 Å². The summed E-state index contributed by atoms with van der Waals surface area (Å²) in [6.07, 6.45) is 5.43. The molecule has 1 heterocycles. The summed E-state index contributed by atoms with van der Waals surface area (Å²) in [7, 11) is 0. The van der Waals surface area contributed by atoms with Crippen molar-refractivity contribution in [1.82, 2.24) is 14.8 Å². The maximum absolute atomic E-state index is 13.0. The Morgan fingerprint density at radius 3 is 2.55 bits per heavy atom. The van der Waals surface area contributed by atoms with E-state index in [0.717, 1.165) is 31.2 Å². The van der Waals surface area contributed by atoms with Gasteiger partial charge in [-0.3, -0.25) is 10.1 Å². The summed E-state index contributed by atoms with van der Waals surface area (Å²) in [5, 5.41) is 7.19. The summed E-state index contributed by atoms with van der Waals surface area (Å²) in [6, 6.07) is 10.3. The number of hydrogen-bond acceptors (Lipinski definition) is 3. The van der Waals surface area contributed by atoms with Crippen LogP contribution in [0, 0.1) is 0 Å². The maximum Gasteiger partial charge on any atom is 0.237 e. The lowest BCUT2D eigenvalue weighted by atomic mass is 9.78. The lowest BCUT2D eigenvalue weighted by Gasteiger charge is -2.28. The summed E-state index contributed by atoms with van der Waals surface area (Å²) in [6.45, 7) is 4.04. The van der Waals surface area contributed by atoms with Gasteiger partial charge in [-0.25, -0.2) is 4.68 Å². The van der Waals surface area contributed by atoms with E-state index >= 15 is 0 Å². The minimum atomic E-state index is -0.435. The summed E-state index contributed by atoms with van der Waals surface area (Å²) < 4.78 is 1.74. The second-order valence-corrected chi connectivity index (χ2v) is 6.23. The Morgan fingerprint density at radius 2 is 1.91 bits per heavy atom. The number of aromatic nitrogens is 3. The Balaban J connectivity index is 1.90. The molecule has 1 fully saturated rings. The lowest BCUT2D eigenvalue weighted by Crippen LogP contribution is -2.38. The van der Waals surface area contributed by atoms with Gasteiger partial charge in [-0.05, 0) is 32.3 Å². The number of rotatable bonds is 4. The molecule has 1 saturated carbocycles. The maximum atomic E-state index is 13.0. The van der Waals surface area contributed by atoms with Gasteiger partial charge in [0.1, 0.15) is 6.33 Å². The van der Waals surface area contributed by atoms with E-state index in [4.69, 9.17) is 0 Å². The van der Waals surface area contributed by atoms with Crippen molar-refractivity contribution in [3.8, 4) is 0 Å². The smallest absolute Gasteiger partial charge is 0.237 e. The predicted octanol–water partition coefficient (Wildman–Crippen LogP) is 3.31. The molecule has 0 aliphatic heterocycles. The molecule has 1 aromatic heterocycles. The van der Waals surface area contributed by atoms with Gasteiger partial charge in [0, 0.05) is 0 Å². The van der Waals surface area contributed by atoms with Gasteiger partial charge in [-0.15, -0.1) is 0 Å². The van der Waals surface area contributed by atoms with Crippen LogP contribution in [0.15, 0.2) is 36.7 Å². The van der Waals surface area contributed by atoms with Crippen LogP contribution in [0.5, 0.6) is 0 Å². The van der Waals surface area contributed by atoms with Crippen molar-refractivity contribution >= 4 is 11.9 Å². The number of nitrogens with one attached hydrogen (secondary N) is 1. The average molecular weight is 298 g/mol. The molecule has 22 heavy (non-hydrogen) atoms. The first-order valence-corrected chi connectivity index (χ1v) is 7.90. The van der Waals surface area contributed by atoms with Gasteiger partial charge in [0.25, 0.3) is 0 Å². The standard InChI is InChI=1S/C17H22N4O/c1-13(2)21-16(18-12-19-21)20-15(22)17(10-6-7-11-17)14-8-4-3-5-9-14/h3-5,8-9,12-13H,6-7,10-11H2,1-2H3,(H,18,19,20,22). The molecule has 0 atom stereocenters. The fraction of sp³-hybridized carbons (Fsp3) is 0.471. The van der Waals surface area contributed by atoms with Crippen LogP contribution in [0.3, 0.4) is 0 Å². The van der Waals surface area contributed by atoms with E-state index in [1.54, 1.807) is 4.68 Å². The molecule has 1 amide bonds. The van der Waals surface area contributed by atoms with Crippen molar-refractivity contribution < 1.29 is 4.79 Å². The van der Waals surface area contributed by atoms with Crippen LogP contribution in [-0.4, -0.2) is 20.7 Å². The van der Waals surface area contributed by atoms with E-state index in [1.165, 1.54) is 6.33 Å². The van der Waals surface area contributed by atoms with Gasteiger partial charge in [0.05, 0.1) is 11.5 Å². The fourth-order valence-electron chi connectivity index (χ4n) is 3.32. The highest BCUT2D eigenvalue weighted by Crippen LogP contribution is 2.41. The minimum absolute atomic E-state index is 0.0334. The summed E-state index contributed by atoms with van der Waals surface area (Å²) >= 11 is 0. The molecule has 1 aliphatic carbocycles. The fourth-order valence-corrected chi connectivity index (χ4v) is 3.32. The molecule has 116 valence electrons. The molecule has 0 unspecified atom stereocenters. The van der Waals surface area contributed by atoms with Crippen LogP contribution in [0.2, 0.25) is 0 Å². The van der Waals surface area contributed by atoms with Crippen LogP contribution in [0.25, 0.3) is 0 Å². The van der Waals surface area contributed by atoms with Crippen LogP contribution in [0.1, 0.15) is 51.1 Å². The third-order valence-electron chi connectivity index (χ3n) is 4.51. The monoisotopic (exact) mass is 298 g/mol. The third-order valence-corrected chi connectivity index (χ3v) is 4.51. The van der Waals surface area contributed by atoms with Gasteiger partial charge >= 0.3 is 0 Å². The summed E-state index contributed by atoms with van der Waals surface area (Å²) in [5.41, 5.74) is 0.662. The molecule has 0 spiro atoms. The molecule has 1 aliphatic rings. The van der Waals surface area contributed by atoms with E-state index in [-0.39, 0.29) is 11.9 Å². The van der Waals surface area contributed by atoms with Gasteiger partial charge < -0.3 is 0 Å². The molecule has 1 N–H and O–H groups in total. The van der Waals surface area contributed by atoms with Gasteiger partial charge in [-0.2, -0.15) is 10.1 Å². The van der Waals surface area contributed by atoms with E-state index in [9.17, 15) is 4.79 Å². The molecule has 5 nitrogen and oxygen atoms in total. The molecule has 3 rings (SSSR count). The topological polar surface area (TPSA) is 59.8 Å². The van der Waals surface area contributed by atoms with E-state index in [0.29, 0.717) is 5.95 Å². The molecule has 5 heteroatoms. The zero-order valence-corrected chi connectivity index (χ0v) is 13.1. The van der Waals surface area contributed by atoms with Crippen LogP contribution in [0.4, 0.5) is 5.95 Å². The first-order chi connectivity index (χ1) is 10.6. The second-order valence-electron chi connectivity index (χ2n) is 6.23. The van der Waals surface area contributed by atoms with Crippen molar-refractivity contribution in [3.05, 3.63) is 42.2 Å². The highest BCUT2D eigenvalue weighted by Gasteiger charge is 2.43. The number of carbonyl (C=O) groups excluding carboxylic acids is 1. The molecule has 1 aromatic carbocycles. The number of amides is 1. The normalized spacial score (nSPS) is 16.9. The average Bonchev–Trinajstić information content (AvgIpc) is 3.17. The van der Waals surface area contributed by atoms with Gasteiger partial charge in [-0.1, -0.05) is 43.2 Å². The molecule has 0 radical (unpaired) electrons. The SMILES string of the molecule is CC(C)n1ncnc1NC(=O)C1(c2ccccc2)CCCC1. The number of nitrogens with zero attached hydrogens (tertiary/aromatic N) is 3. The van der Waals surface area contributed by atoms with Crippen molar-refractivity contribution in [2.24, 2.45) is 0 Å². The first kappa shape index (κ1) is 14.8. The first-order valence-electron chi connectivity index (χ1n) is 7.90. The number of anilines is 1. The van der Waals surface area contributed by atoms with Gasteiger partial charge in [0.15, 0.2) is 0 Å². The van der Waals surface area contributed by atoms with Crippen molar-refractivity contribution in [2.75, 3.05) is 5.32 Å².